The van der Waals surface area contributed by atoms with Gasteiger partial charge in [0.25, 0.3) is 0 Å². The third-order valence-corrected chi connectivity index (χ3v) is 2.90. The van der Waals surface area contributed by atoms with Gasteiger partial charge in [-0.1, -0.05) is 0 Å². The topological polar surface area (TPSA) is 78.9 Å². The molecule has 0 amide bonds. The number of ether oxygens (including phenoxy) is 3. The van der Waals surface area contributed by atoms with Crippen LogP contribution in [0.4, 0.5) is 0 Å². The number of hydrogen-bond acceptors (Lipinski definition) is 6. The fraction of sp³-hybridized carbons (Fsp3) is 0.438. The van der Waals surface area contributed by atoms with Crippen molar-refractivity contribution >= 4 is 17.5 Å². The molecule has 0 atom stereocenters. The standard InChI is InChI=1S/C16H20O6/c1-10(17)7-13(19)6-5-12-8-14(20-3)16(22-11(2)18)15(9-12)21-4/h8-9H,5-7H2,1-4H3. The Morgan fingerprint density at radius 2 is 1.55 bits per heavy atom. The van der Waals surface area contributed by atoms with Crippen LogP contribution in [0, 0.1) is 0 Å². The van der Waals surface area contributed by atoms with Crippen LogP contribution in [0.25, 0.3) is 0 Å². The van der Waals surface area contributed by atoms with Gasteiger partial charge in [-0.3, -0.25) is 14.4 Å². The number of hydrogen-bond donors (Lipinski definition) is 0. The van der Waals surface area contributed by atoms with E-state index in [1.807, 2.05) is 0 Å². The minimum absolute atomic E-state index is 0.0558. The molecule has 0 spiro atoms. The first-order valence-electron chi connectivity index (χ1n) is 6.81. The van der Waals surface area contributed by atoms with E-state index in [0.29, 0.717) is 17.9 Å². The van der Waals surface area contributed by atoms with Gasteiger partial charge in [-0.2, -0.15) is 0 Å². The predicted octanol–water partition coefficient (Wildman–Crippen LogP) is 2.11. The van der Waals surface area contributed by atoms with Crippen molar-refractivity contribution in [2.45, 2.75) is 33.1 Å². The third kappa shape index (κ3) is 5.20. The average molecular weight is 308 g/mol. The number of benzene rings is 1. The molecule has 0 fully saturated rings. The number of aryl methyl sites for hydroxylation is 1. The zero-order valence-electron chi connectivity index (χ0n) is 13.2. The van der Waals surface area contributed by atoms with Crippen LogP contribution in [-0.2, 0) is 20.8 Å². The maximum absolute atomic E-state index is 11.6. The van der Waals surface area contributed by atoms with Crippen molar-refractivity contribution in [3.63, 3.8) is 0 Å². The molecular formula is C16H20O6. The first-order chi connectivity index (χ1) is 10.4. The number of rotatable bonds is 8. The van der Waals surface area contributed by atoms with Gasteiger partial charge in [0.1, 0.15) is 11.6 Å². The molecule has 22 heavy (non-hydrogen) atoms. The minimum Gasteiger partial charge on any atom is -0.493 e. The molecule has 1 aromatic carbocycles. The number of carbonyl (C=O) groups excluding carboxylic acids is 3. The zero-order chi connectivity index (χ0) is 16.7. The summed E-state index contributed by atoms with van der Waals surface area (Å²) in [7, 11) is 2.90. The summed E-state index contributed by atoms with van der Waals surface area (Å²) in [5, 5.41) is 0. The van der Waals surface area contributed by atoms with Gasteiger partial charge in [-0.05, 0) is 31.0 Å². The maximum Gasteiger partial charge on any atom is 0.308 e. The second-order valence-corrected chi connectivity index (χ2v) is 4.84. The summed E-state index contributed by atoms with van der Waals surface area (Å²) in [6.07, 6.45) is 0.637. The van der Waals surface area contributed by atoms with Crippen molar-refractivity contribution in [3.05, 3.63) is 17.7 Å². The second-order valence-electron chi connectivity index (χ2n) is 4.84. The van der Waals surface area contributed by atoms with E-state index >= 15 is 0 Å². The Kier molecular flexibility index (Phi) is 6.56. The first kappa shape index (κ1) is 17.7. The second kappa shape index (κ2) is 8.17. The molecule has 0 bridgehead atoms. The van der Waals surface area contributed by atoms with Crippen LogP contribution in [0.2, 0.25) is 0 Å². The zero-order valence-corrected chi connectivity index (χ0v) is 13.2. The van der Waals surface area contributed by atoms with Crippen molar-refractivity contribution in [1.82, 2.24) is 0 Å². The van der Waals surface area contributed by atoms with E-state index in [1.54, 1.807) is 12.1 Å². The van der Waals surface area contributed by atoms with Crippen LogP contribution in [0.3, 0.4) is 0 Å². The lowest BCUT2D eigenvalue weighted by molar-refractivity contribution is -0.132. The number of Topliss-reactive ketones (excluding diaryl/α,β-unsaturated/α-hetero) is 2. The Morgan fingerprint density at radius 3 is 1.95 bits per heavy atom. The van der Waals surface area contributed by atoms with E-state index < -0.39 is 5.97 Å². The Balaban J connectivity index is 2.95. The fourth-order valence-corrected chi connectivity index (χ4v) is 1.97. The van der Waals surface area contributed by atoms with Gasteiger partial charge in [0.2, 0.25) is 5.75 Å². The Hall–Kier alpha value is -2.37. The first-order valence-corrected chi connectivity index (χ1v) is 6.81. The summed E-state index contributed by atoms with van der Waals surface area (Å²) >= 11 is 0. The van der Waals surface area contributed by atoms with Crippen LogP contribution < -0.4 is 14.2 Å². The molecule has 120 valence electrons. The highest BCUT2D eigenvalue weighted by Gasteiger charge is 2.16. The molecule has 0 heterocycles. The maximum atomic E-state index is 11.6. The van der Waals surface area contributed by atoms with Crippen molar-refractivity contribution < 1.29 is 28.6 Å². The molecule has 0 unspecified atom stereocenters. The number of ketones is 2. The summed E-state index contributed by atoms with van der Waals surface area (Å²) in [4.78, 5) is 33.6. The highest BCUT2D eigenvalue weighted by atomic mass is 16.6. The van der Waals surface area contributed by atoms with Gasteiger partial charge in [0.15, 0.2) is 11.5 Å². The van der Waals surface area contributed by atoms with Gasteiger partial charge in [-0.15, -0.1) is 0 Å². The van der Waals surface area contributed by atoms with Crippen molar-refractivity contribution in [1.29, 1.82) is 0 Å². The molecule has 0 aliphatic rings. The third-order valence-electron chi connectivity index (χ3n) is 2.90. The van der Waals surface area contributed by atoms with Crippen molar-refractivity contribution in [2.24, 2.45) is 0 Å². The van der Waals surface area contributed by atoms with E-state index in [1.165, 1.54) is 28.1 Å². The monoisotopic (exact) mass is 308 g/mol. The summed E-state index contributed by atoms with van der Waals surface area (Å²) in [5.74, 6) is 0.157. The molecule has 0 radical (unpaired) electrons. The molecule has 0 saturated heterocycles. The summed E-state index contributed by atoms with van der Waals surface area (Å²) < 4.78 is 15.5. The normalized spacial score (nSPS) is 10.0. The summed E-state index contributed by atoms with van der Waals surface area (Å²) in [6.45, 7) is 2.67. The lowest BCUT2D eigenvalue weighted by Crippen LogP contribution is -2.07. The molecule has 1 rings (SSSR count). The lowest BCUT2D eigenvalue weighted by Gasteiger charge is -2.14. The molecule has 0 aliphatic heterocycles. The van der Waals surface area contributed by atoms with E-state index in [4.69, 9.17) is 14.2 Å². The van der Waals surface area contributed by atoms with Crippen LogP contribution in [0.15, 0.2) is 12.1 Å². The molecule has 6 heteroatoms. The summed E-state index contributed by atoms with van der Waals surface area (Å²) in [6, 6.07) is 3.36. The number of carbonyl (C=O) groups is 3. The highest BCUT2D eigenvalue weighted by molar-refractivity contribution is 5.97. The summed E-state index contributed by atoms with van der Waals surface area (Å²) in [5.41, 5.74) is 0.793. The Labute approximate surface area is 129 Å². The van der Waals surface area contributed by atoms with E-state index in [-0.39, 0.29) is 30.2 Å². The molecule has 0 N–H and O–H groups in total. The van der Waals surface area contributed by atoms with Crippen LogP contribution in [0.1, 0.15) is 32.3 Å². The SMILES string of the molecule is COc1cc(CCC(=O)CC(C)=O)cc(OC)c1OC(C)=O. The number of esters is 1. The smallest absolute Gasteiger partial charge is 0.308 e. The van der Waals surface area contributed by atoms with Crippen LogP contribution >= 0.6 is 0 Å². The van der Waals surface area contributed by atoms with E-state index in [2.05, 4.69) is 0 Å². The Morgan fingerprint density at radius 1 is 1.00 bits per heavy atom. The average Bonchev–Trinajstić information content (AvgIpc) is 2.44. The number of methoxy groups -OCH3 is 2. The van der Waals surface area contributed by atoms with Crippen LogP contribution in [0.5, 0.6) is 17.2 Å². The largest absolute Gasteiger partial charge is 0.493 e. The van der Waals surface area contributed by atoms with Gasteiger partial charge < -0.3 is 14.2 Å². The molecule has 0 aliphatic carbocycles. The van der Waals surface area contributed by atoms with Gasteiger partial charge in [-0.25, -0.2) is 0 Å². The minimum atomic E-state index is -0.485. The van der Waals surface area contributed by atoms with Crippen molar-refractivity contribution in [2.75, 3.05) is 14.2 Å². The quantitative estimate of drug-likeness (QED) is 0.416. The van der Waals surface area contributed by atoms with Crippen LogP contribution in [-0.4, -0.2) is 31.8 Å². The molecule has 6 nitrogen and oxygen atoms in total. The molecule has 0 saturated carbocycles. The van der Waals surface area contributed by atoms with Gasteiger partial charge >= 0.3 is 5.97 Å². The molecular weight excluding hydrogens is 288 g/mol. The van der Waals surface area contributed by atoms with E-state index in [0.717, 1.165) is 5.56 Å². The predicted molar refractivity (Wildman–Crippen MR) is 79.5 cm³/mol. The van der Waals surface area contributed by atoms with Gasteiger partial charge in [0.05, 0.1) is 20.6 Å². The van der Waals surface area contributed by atoms with E-state index in [9.17, 15) is 14.4 Å². The van der Waals surface area contributed by atoms with Gasteiger partial charge in [0, 0.05) is 13.3 Å². The van der Waals surface area contributed by atoms with Crippen molar-refractivity contribution in [3.8, 4) is 17.2 Å². The highest BCUT2D eigenvalue weighted by Crippen LogP contribution is 2.39. The Bertz CT molecular complexity index is 551. The molecule has 0 aromatic heterocycles. The fourth-order valence-electron chi connectivity index (χ4n) is 1.97. The lowest BCUT2D eigenvalue weighted by atomic mass is 10.0. The molecule has 1 aromatic rings.